The summed E-state index contributed by atoms with van der Waals surface area (Å²) in [7, 11) is -4.71. The first kappa shape index (κ1) is 55.2. The van der Waals surface area contributed by atoms with Crippen molar-refractivity contribution >= 4 is 25.7 Å². The molecule has 0 aromatic heterocycles. The summed E-state index contributed by atoms with van der Waals surface area (Å²) in [5.41, 5.74) is 5.34. The minimum atomic E-state index is -4.71. The van der Waals surface area contributed by atoms with E-state index in [-0.39, 0.29) is 19.4 Å². The molecule has 0 bridgehead atoms. The molecule has 11 nitrogen and oxygen atoms in total. The Morgan fingerprint density at radius 3 is 1.28 bits per heavy atom. The van der Waals surface area contributed by atoms with Crippen LogP contribution in [0.15, 0.2) is 12.2 Å². The van der Waals surface area contributed by atoms with Crippen LogP contribution in [-0.4, -0.2) is 59.9 Å². The van der Waals surface area contributed by atoms with Crippen molar-refractivity contribution in [2.75, 3.05) is 19.8 Å². The Hall–Kier alpha value is -1.78. The van der Waals surface area contributed by atoms with Crippen molar-refractivity contribution in [3.8, 4) is 0 Å². The molecule has 0 amide bonds. The lowest BCUT2D eigenvalue weighted by molar-refractivity contribution is -0.161. The van der Waals surface area contributed by atoms with E-state index in [1.165, 1.54) is 128 Å². The van der Waals surface area contributed by atoms with Gasteiger partial charge < -0.3 is 25.2 Å². The molecule has 0 aromatic rings. The van der Waals surface area contributed by atoms with Gasteiger partial charge in [-0.05, 0) is 38.5 Å². The van der Waals surface area contributed by atoms with Gasteiger partial charge in [0.1, 0.15) is 12.6 Å². The highest BCUT2D eigenvalue weighted by Gasteiger charge is 2.28. The van der Waals surface area contributed by atoms with Gasteiger partial charge >= 0.3 is 25.7 Å². The molecule has 0 aromatic carbocycles. The van der Waals surface area contributed by atoms with E-state index in [1.54, 1.807) is 0 Å². The van der Waals surface area contributed by atoms with Crippen molar-refractivity contribution in [3.05, 3.63) is 12.2 Å². The van der Waals surface area contributed by atoms with Gasteiger partial charge in [0.2, 0.25) is 0 Å². The molecule has 1 unspecified atom stereocenters. The van der Waals surface area contributed by atoms with E-state index in [2.05, 4.69) is 30.5 Å². The van der Waals surface area contributed by atoms with Crippen molar-refractivity contribution in [2.45, 2.75) is 238 Å². The SMILES string of the molecule is CCCCCCC/C=C/CCCCCCCC(=O)O[C@@H](COC(=O)CCCCCCCCCCCCCCCCCCCCC)COP(=O)(O)OC[C@@H](N)C(=O)O. The van der Waals surface area contributed by atoms with E-state index in [0.717, 1.165) is 57.8 Å². The Labute approximate surface area is 348 Å². The number of nitrogens with two attached hydrogens (primary N) is 1. The summed E-state index contributed by atoms with van der Waals surface area (Å²) in [6, 6.07) is -1.52. The van der Waals surface area contributed by atoms with Crippen LogP contribution in [0.5, 0.6) is 0 Å². The second-order valence-corrected chi connectivity index (χ2v) is 17.3. The van der Waals surface area contributed by atoms with Gasteiger partial charge in [0, 0.05) is 12.8 Å². The van der Waals surface area contributed by atoms with Crippen LogP contribution in [-0.2, 0) is 37.5 Å². The van der Waals surface area contributed by atoms with Gasteiger partial charge in [-0.2, -0.15) is 0 Å². The van der Waals surface area contributed by atoms with E-state index < -0.39 is 51.1 Å². The number of allylic oxidation sites excluding steroid dienone is 2. The van der Waals surface area contributed by atoms with Gasteiger partial charge in [0.15, 0.2) is 6.10 Å². The lowest BCUT2D eigenvalue weighted by atomic mass is 10.0. The van der Waals surface area contributed by atoms with E-state index in [0.29, 0.717) is 12.8 Å². The standard InChI is InChI=1S/C45H86NO10P/c1-3-5-7-9-11-13-15-17-19-20-21-22-23-25-26-28-30-32-34-36-43(47)53-38-41(39-54-57(51,52)55-40-42(46)45(49)50)56-44(48)37-35-33-31-29-27-24-18-16-14-12-10-8-6-4-2/h16,18,41-42H,3-15,17,19-40,46H2,1-2H3,(H,49,50)(H,51,52)/b18-16+/t41-,42+/m0/s1. The molecule has 0 spiro atoms. The summed E-state index contributed by atoms with van der Waals surface area (Å²) < 4.78 is 32.7. The highest BCUT2D eigenvalue weighted by Crippen LogP contribution is 2.43. The average Bonchev–Trinajstić information content (AvgIpc) is 3.19. The molecule has 4 N–H and O–H groups in total. The molecule has 3 atom stereocenters. The van der Waals surface area contributed by atoms with Crippen LogP contribution in [0, 0.1) is 0 Å². The number of carboxylic acids is 1. The predicted octanol–water partition coefficient (Wildman–Crippen LogP) is 12.5. The molecule has 0 heterocycles. The molecule has 0 saturated carbocycles. The van der Waals surface area contributed by atoms with Crippen LogP contribution in [0.3, 0.4) is 0 Å². The first-order valence-corrected chi connectivity index (χ1v) is 24.7. The van der Waals surface area contributed by atoms with Gasteiger partial charge in [-0.3, -0.25) is 23.4 Å². The fraction of sp³-hybridized carbons (Fsp3) is 0.889. The summed E-state index contributed by atoms with van der Waals surface area (Å²) in [6.45, 7) is 2.82. The van der Waals surface area contributed by atoms with Crippen molar-refractivity contribution < 1.29 is 47.5 Å². The van der Waals surface area contributed by atoms with E-state index in [9.17, 15) is 23.8 Å². The Morgan fingerprint density at radius 2 is 0.877 bits per heavy atom. The van der Waals surface area contributed by atoms with Gasteiger partial charge in [-0.15, -0.1) is 0 Å². The number of aliphatic carboxylic acids is 1. The van der Waals surface area contributed by atoms with Crippen molar-refractivity contribution in [2.24, 2.45) is 5.73 Å². The van der Waals surface area contributed by atoms with E-state index in [4.69, 9.17) is 24.8 Å². The zero-order valence-corrected chi connectivity index (χ0v) is 37.3. The summed E-state index contributed by atoms with van der Waals surface area (Å²) >= 11 is 0. The maximum atomic E-state index is 12.6. The van der Waals surface area contributed by atoms with E-state index in [1.807, 2.05) is 0 Å². The molecular weight excluding hydrogens is 745 g/mol. The van der Waals surface area contributed by atoms with Gasteiger partial charge in [-0.1, -0.05) is 187 Å². The molecule has 57 heavy (non-hydrogen) atoms. The summed E-state index contributed by atoms with van der Waals surface area (Å²) in [4.78, 5) is 46.0. The summed E-state index contributed by atoms with van der Waals surface area (Å²) in [5, 5.41) is 8.89. The maximum Gasteiger partial charge on any atom is 0.472 e. The highest BCUT2D eigenvalue weighted by molar-refractivity contribution is 7.47. The quantitative estimate of drug-likeness (QED) is 0.0231. The molecule has 0 aliphatic carbocycles. The fourth-order valence-electron chi connectivity index (χ4n) is 6.59. The summed E-state index contributed by atoms with van der Waals surface area (Å²) in [5.74, 6) is -2.37. The largest absolute Gasteiger partial charge is 0.480 e. The van der Waals surface area contributed by atoms with Crippen LogP contribution >= 0.6 is 7.82 Å². The molecule has 0 fully saturated rings. The molecule has 0 radical (unpaired) electrons. The molecule has 336 valence electrons. The molecular formula is C45H86NO10P. The van der Waals surface area contributed by atoms with Crippen LogP contribution in [0.2, 0.25) is 0 Å². The molecule has 12 heteroatoms. The normalized spacial score (nSPS) is 13.8. The third-order valence-electron chi connectivity index (χ3n) is 10.3. The summed E-state index contributed by atoms with van der Waals surface area (Å²) in [6.07, 6.45) is 41.3. The van der Waals surface area contributed by atoms with E-state index >= 15 is 0 Å². The smallest absolute Gasteiger partial charge is 0.472 e. The number of ether oxygens (including phenoxy) is 2. The molecule has 0 aliphatic rings. The number of carbonyl (C=O) groups is 3. The molecule has 0 saturated heterocycles. The highest BCUT2D eigenvalue weighted by atomic mass is 31.2. The van der Waals surface area contributed by atoms with Crippen LogP contribution in [0.4, 0.5) is 0 Å². The third kappa shape index (κ3) is 40.8. The van der Waals surface area contributed by atoms with Crippen LogP contribution in [0.1, 0.15) is 226 Å². The predicted molar refractivity (Wildman–Crippen MR) is 231 cm³/mol. The van der Waals surface area contributed by atoms with Crippen LogP contribution < -0.4 is 5.73 Å². The Balaban J connectivity index is 4.27. The zero-order chi connectivity index (χ0) is 42.1. The van der Waals surface area contributed by atoms with Crippen molar-refractivity contribution in [1.82, 2.24) is 0 Å². The fourth-order valence-corrected chi connectivity index (χ4v) is 7.37. The number of unbranched alkanes of at least 4 members (excludes halogenated alkanes) is 28. The minimum Gasteiger partial charge on any atom is -0.480 e. The number of carboxylic acid groups (broad SMARTS) is 1. The monoisotopic (exact) mass is 832 g/mol. The number of hydrogen-bond acceptors (Lipinski definition) is 9. The molecule has 0 rings (SSSR count). The number of esters is 2. The van der Waals surface area contributed by atoms with Gasteiger partial charge in [0.25, 0.3) is 0 Å². The average molecular weight is 832 g/mol. The first-order chi connectivity index (χ1) is 27.6. The zero-order valence-electron chi connectivity index (χ0n) is 36.5. The lowest BCUT2D eigenvalue weighted by Crippen LogP contribution is -2.34. The number of hydrogen-bond donors (Lipinski definition) is 3. The third-order valence-corrected chi connectivity index (χ3v) is 11.2. The number of phosphoric acid groups is 1. The van der Waals surface area contributed by atoms with Crippen LogP contribution in [0.25, 0.3) is 0 Å². The maximum absolute atomic E-state index is 12.6. The Bertz CT molecular complexity index is 1030. The topological polar surface area (TPSA) is 172 Å². The first-order valence-electron chi connectivity index (χ1n) is 23.2. The van der Waals surface area contributed by atoms with Gasteiger partial charge in [-0.25, -0.2) is 4.57 Å². The Kier molecular flexibility index (Phi) is 39.7. The second kappa shape index (κ2) is 41.0. The minimum absolute atomic E-state index is 0.155. The number of phosphoric ester groups is 1. The van der Waals surface area contributed by atoms with Gasteiger partial charge in [0.05, 0.1) is 13.2 Å². The number of rotatable bonds is 44. The molecule has 0 aliphatic heterocycles. The van der Waals surface area contributed by atoms with Crippen molar-refractivity contribution in [3.63, 3.8) is 0 Å². The van der Waals surface area contributed by atoms with Crippen molar-refractivity contribution in [1.29, 1.82) is 0 Å². The lowest BCUT2D eigenvalue weighted by Gasteiger charge is -2.20. The number of carbonyl (C=O) groups excluding carboxylic acids is 2. The Morgan fingerprint density at radius 1 is 0.526 bits per heavy atom. The second-order valence-electron chi connectivity index (χ2n) is 15.9.